The maximum atomic E-state index is 12.4. The van der Waals surface area contributed by atoms with Gasteiger partial charge in [0.05, 0.1) is 24.6 Å². The number of carbonyl (C=O) groups excluding carboxylic acids is 1. The quantitative estimate of drug-likeness (QED) is 0.882. The minimum Gasteiger partial charge on any atom is -0.481 e. The minimum absolute atomic E-state index is 0.136. The van der Waals surface area contributed by atoms with E-state index >= 15 is 0 Å². The van der Waals surface area contributed by atoms with Gasteiger partial charge in [0.2, 0.25) is 5.91 Å². The second-order valence-electron chi connectivity index (χ2n) is 5.86. The summed E-state index contributed by atoms with van der Waals surface area (Å²) >= 11 is 0. The Bertz CT molecular complexity index is 488. The summed E-state index contributed by atoms with van der Waals surface area (Å²) in [6.45, 7) is 0.325. The fraction of sp³-hybridized carbons (Fsp3) is 0.600. The standard InChI is InChI=1S/C15H19NO4/c17-14(16-8-11-2-1-7-20-11)12-9-3-5-10(6-4-9)13(12)15(18)19/h1-2,7,9-10,12-13H,3-6,8H2,(H,16,17)(H,18,19)/t9?,10?,12-,13-/m1/s1. The van der Waals surface area contributed by atoms with E-state index in [0.717, 1.165) is 25.7 Å². The summed E-state index contributed by atoms with van der Waals surface area (Å²) in [5, 5.41) is 12.3. The van der Waals surface area contributed by atoms with E-state index in [1.54, 1.807) is 18.4 Å². The molecule has 0 aromatic carbocycles. The van der Waals surface area contributed by atoms with E-state index < -0.39 is 11.9 Å². The van der Waals surface area contributed by atoms with Gasteiger partial charge in [-0.2, -0.15) is 0 Å². The number of hydrogen-bond acceptors (Lipinski definition) is 3. The highest BCUT2D eigenvalue weighted by Crippen LogP contribution is 2.49. The molecule has 2 bridgehead atoms. The molecule has 2 atom stereocenters. The normalized spacial score (nSPS) is 32.0. The number of carboxylic acid groups (broad SMARTS) is 1. The van der Waals surface area contributed by atoms with E-state index in [9.17, 15) is 14.7 Å². The van der Waals surface area contributed by atoms with Gasteiger partial charge in [-0.3, -0.25) is 9.59 Å². The molecule has 0 unspecified atom stereocenters. The summed E-state index contributed by atoms with van der Waals surface area (Å²) in [6.07, 6.45) is 5.41. The highest BCUT2D eigenvalue weighted by molar-refractivity contribution is 5.85. The van der Waals surface area contributed by atoms with Gasteiger partial charge >= 0.3 is 5.97 Å². The van der Waals surface area contributed by atoms with Gasteiger partial charge in [0, 0.05) is 0 Å². The Morgan fingerprint density at radius 3 is 2.40 bits per heavy atom. The number of hydrogen-bond donors (Lipinski definition) is 2. The lowest BCUT2D eigenvalue weighted by molar-refractivity contribution is -0.158. The Balaban J connectivity index is 1.70. The number of fused-ring (bicyclic) bond motifs is 3. The average Bonchev–Trinajstić information content (AvgIpc) is 2.98. The number of carboxylic acids is 1. The summed E-state index contributed by atoms with van der Waals surface area (Å²) in [5.74, 6) is -0.782. The van der Waals surface area contributed by atoms with Crippen LogP contribution in [-0.2, 0) is 16.1 Å². The van der Waals surface area contributed by atoms with Crippen molar-refractivity contribution in [3.05, 3.63) is 24.2 Å². The Morgan fingerprint density at radius 2 is 1.85 bits per heavy atom. The topological polar surface area (TPSA) is 79.5 Å². The number of nitrogens with one attached hydrogen (secondary N) is 1. The van der Waals surface area contributed by atoms with Gasteiger partial charge in [-0.05, 0) is 49.7 Å². The number of rotatable bonds is 4. The molecule has 1 amide bonds. The van der Waals surface area contributed by atoms with E-state index in [4.69, 9.17) is 4.42 Å². The first kappa shape index (κ1) is 13.2. The first-order chi connectivity index (χ1) is 9.66. The Morgan fingerprint density at radius 1 is 1.20 bits per heavy atom. The molecule has 1 heterocycles. The van der Waals surface area contributed by atoms with E-state index in [0.29, 0.717) is 12.3 Å². The third-order valence-corrected chi connectivity index (χ3v) is 4.82. The van der Waals surface area contributed by atoms with Crippen LogP contribution >= 0.6 is 0 Å². The van der Waals surface area contributed by atoms with E-state index in [1.807, 2.05) is 0 Å². The molecular formula is C15H19NO4. The fourth-order valence-electron chi connectivity index (χ4n) is 3.89. The molecule has 3 fully saturated rings. The van der Waals surface area contributed by atoms with Gasteiger partial charge in [-0.1, -0.05) is 0 Å². The Labute approximate surface area is 117 Å². The highest BCUT2D eigenvalue weighted by Gasteiger charge is 2.50. The van der Waals surface area contributed by atoms with Crippen molar-refractivity contribution in [3.63, 3.8) is 0 Å². The lowest BCUT2D eigenvalue weighted by Gasteiger charge is -2.45. The zero-order chi connectivity index (χ0) is 14.1. The predicted molar refractivity (Wildman–Crippen MR) is 70.6 cm³/mol. The summed E-state index contributed by atoms with van der Waals surface area (Å²) in [6, 6.07) is 3.56. The Hall–Kier alpha value is -1.78. The molecule has 3 saturated carbocycles. The SMILES string of the molecule is O=C(O)[C@@H]1C2CCC(CC2)[C@H]1C(=O)NCc1ccco1. The summed E-state index contributed by atoms with van der Waals surface area (Å²) in [4.78, 5) is 23.9. The summed E-state index contributed by atoms with van der Waals surface area (Å²) in [5.41, 5.74) is 0. The van der Waals surface area contributed by atoms with Gasteiger partial charge in [-0.15, -0.1) is 0 Å². The minimum atomic E-state index is -0.822. The molecule has 2 N–H and O–H groups in total. The lowest BCUT2D eigenvalue weighted by Crippen LogP contribution is -2.50. The van der Waals surface area contributed by atoms with Crippen LogP contribution in [0, 0.1) is 23.7 Å². The maximum Gasteiger partial charge on any atom is 0.307 e. The first-order valence-corrected chi connectivity index (χ1v) is 7.19. The monoisotopic (exact) mass is 277 g/mol. The maximum absolute atomic E-state index is 12.4. The molecule has 3 aliphatic carbocycles. The zero-order valence-corrected chi connectivity index (χ0v) is 11.2. The molecule has 0 aliphatic heterocycles. The van der Waals surface area contributed by atoms with Gasteiger partial charge in [0.15, 0.2) is 0 Å². The molecule has 5 nitrogen and oxygen atoms in total. The molecular weight excluding hydrogens is 258 g/mol. The van der Waals surface area contributed by atoms with Crippen LogP contribution in [0.3, 0.4) is 0 Å². The van der Waals surface area contributed by atoms with E-state index in [1.165, 1.54) is 0 Å². The highest BCUT2D eigenvalue weighted by atomic mass is 16.4. The fourth-order valence-corrected chi connectivity index (χ4v) is 3.89. The van der Waals surface area contributed by atoms with Crippen molar-refractivity contribution in [1.82, 2.24) is 5.32 Å². The molecule has 1 aromatic rings. The molecule has 5 heteroatoms. The van der Waals surface area contributed by atoms with E-state index in [-0.39, 0.29) is 23.7 Å². The van der Waals surface area contributed by atoms with Crippen LogP contribution in [0.4, 0.5) is 0 Å². The molecule has 0 spiro atoms. The molecule has 1 aromatic heterocycles. The van der Waals surface area contributed by atoms with Crippen molar-refractivity contribution in [1.29, 1.82) is 0 Å². The van der Waals surface area contributed by atoms with Crippen LogP contribution in [-0.4, -0.2) is 17.0 Å². The summed E-state index contributed by atoms with van der Waals surface area (Å²) < 4.78 is 5.18. The Kier molecular flexibility index (Phi) is 3.51. The van der Waals surface area contributed by atoms with Crippen molar-refractivity contribution in [3.8, 4) is 0 Å². The lowest BCUT2D eigenvalue weighted by atomic mass is 9.58. The third kappa shape index (κ3) is 2.32. The molecule has 108 valence electrons. The number of furan rings is 1. The van der Waals surface area contributed by atoms with Crippen molar-refractivity contribution in [2.45, 2.75) is 32.2 Å². The van der Waals surface area contributed by atoms with Gasteiger partial charge in [0.25, 0.3) is 0 Å². The van der Waals surface area contributed by atoms with Crippen LogP contribution in [0.2, 0.25) is 0 Å². The van der Waals surface area contributed by atoms with Crippen molar-refractivity contribution < 1.29 is 19.1 Å². The van der Waals surface area contributed by atoms with Crippen molar-refractivity contribution in [2.24, 2.45) is 23.7 Å². The van der Waals surface area contributed by atoms with Crippen LogP contribution < -0.4 is 5.32 Å². The number of aliphatic carboxylic acids is 1. The molecule has 0 saturated heterocycles. The number of amides is 1. The first-order valence-electron chi connectivity index (χ1n) is 7.19. The molecule has 3 aliphatic rings. The van der Waals surface area contributed by atoms with Crippen LogP contribution in [0.1, 0.15) is 31.4 Å². The zero-order valence-electron chi connectivity index (χ0n) is 11.2. The van der Waals surface area contributed by atoms with Crippen molar-refractivity contribution in [2.75, 3.05) is 0 Å². The van der Waals surface area contributed by atoms with E-state index in [2.05, 4.69) is 5.32 Å². The summed E-state index contributed by atoms with van der Waals surface area (Å²) in [7, 11) is 0. The van der Waals surface area contributed by atoms with Crippen LogP contribution in [0.15, 0.2) is 22.8 Å². The molecule has 0 radical (unpaired) electrons. The predicted octanol–water partition coefficient (Wildman–Crippen LogP) is 2.03. The van der Waals surface area contributed by atoms with Gasteiger partial charge in [-0.25, -0.2) is 0 Å². The smallest absolute Gasteiger partial charge is 0.307 e. The van der Waals surface area contributed by atoms with Crippen LogP contribution in [0.5, 0.6) is 0 Å². The molecule has 4 rings (SSSR count). The second kappa shape index (κ2) is 5.31. The van der Waals surface area contributed by atoms with Crippen molar-refractivity contribution >= 4 is 11.9 Å². The van der Waals surface area contributed by atoms with Gasteiger partial charge < -0.3 is 14.8 Å². The third-order valence-electron chi connectivity index (χ3n) is 4.82. The molecule has 20 heavy (non-hydrogen) atoms. The second-order valence-corrected chi connectivity index (χ2v) is 5.86. The average molecular weight is 277 g/mol. The number of carbonyl (C=O) groups is 2. The van der Waals surface area contributed by atoms with Gasteiger partial charge in [0.1, 0.15) is 5.76 Å². The van der Waals surface area contributed by atoms with Crippen LogP contribution in [0.25, 0.3) is 0 Å². The largest absolute Gasteiger partial charge is 0.481 e.